The zero-order valence-corrected chi connectivity index (χ0v) is 12.4. The lowest BCUT2D eigenvalue weighted by Crippen LogP contribution is -2.39. The summed E-state index contributed by atoms with van der Waals surface area (Å²) in [5.41, 5.74) is 0. The maximum Gasteiger partial charge on any atom is 0.180 e. The summed E-state index contributed by atoms with van der Waals surface area (Å²) in [6.45, 7) is 2.79. The van der Waals surface area contributed by atoms with Gasteiger partial charge >= 0.3 is 0 Å². The lowest BCUT2D eigenvalue weighted by molar-refractivity contribution is 0.174. The third-order valence-electron chi connectivity index (χ3n) is 2.53. The van der Waals surface area contributed by atoms with Gasteiger partial charge in [0.05, 0.1) is 22.3 Å². The van der Waals surface area contributed by atoms with Crippen LogP contribution in [-0.4, -0.2) is 40.5 Å². The molecular weight excluding hydrogens is 293 g/mol. The van der Waals surface area contributed by atoms with Crippen LogP contribution in [0.1, 0.15) is 6.92 Å². The molecule has 1 aromatic carbocycles. The van der Waals surface area contributed by atoms with E-state index < -0.39 is 15.7 Å². The van der Waals surface area contributed by atoms with Crippen molar-refractivity contribution in [1.82, 2.24) is 5.32 Å². The molecule has 108 valence electrons. The molecule has 0 saturated carbocycles. The SMILES string of the molecule is CCNC(COC)CS(=O)(=O)c1ccc(F)c(Cl)c1. The fourth-order valence-corrected chi connectivity index (χ4v) is 3.44. The highest BCUT2D eigenvalue weighted by Gasteiger charge is 2.21. The van der Waals surface area contributed by atoms with E-state index in [1.165, 1.54) is 13.2 Å². The van der Waals surface area contributed by atoms with Crippen LogP contribution in [0.2, 0.25) is 5.02 Å². The first-order valence-electron chi connectivity index (χ1n) is 5.80. The number of sulfone groups is 1. The van der Waals surface area contributed by atoms with E-state index in [0.717, 1.165) is 12.1 Å². The molecule has 0 spiro atoms. The second kappa shape index (κ2) is 7.19. The Labute approximate surface area is 117 Å². The fourth-order valence-electron chi connectivity index (χ4n) is 1.69. The Balaban J connectivity index is 2.92. The van der Waals surface area contributed by atoms with Gasteiger partial charge in [-0.2, -0.15) is 0 Å². The van der Waals surface area contributed by atoms with Gasteiger partial charge in [0.1, 0.15) is 5.82 Å². The van der Waals surface area contributed by atoms with Gasteiger partial charge in [0, 0.05) is 13.2 Å². The van der Waals surface area contributed by atoms with Crippen molar-refractivity contribution in [3.63, 3.8) is 0 Å². The molecule has 1 atom stereocenters. The molecule has 0 fully saturated rings. The maximum atomic E-state index is 13.0. The fraction of sp³-hybridized carbons (Fsp3) is 0.500. The van der Waals surface area contributed by atoms with Crippen LogP contribution in [0, 0.1) is 5.82 Å². The zero-order chi connectivity index (χ0) is 14.5. The quantitative estimate of drug-likeness (QED) is 0.781. The number of halogens is 2. The molecule has 0 aliphatic carbocycles. The topological polar surface area (TPSA) is 55.4 Å². The summed E-state index contributed by atoms with van der Waals surface area (Å²) < 4.78 is 42.4. The van der Waals surface area contributed by atoms with E-state index in [1.807, 2.05) is 6.92 Å². The number of hydrogen-bond acceptors (Lipinski definition) is 4. The van der Waals surface area contributed by atoms with Gasteiger partial charge in [0.15, 0.2) is 9.84 Å². The normalized spacial score (nSPS) is 13.5. The smallest absolute Gasteiger partial charge is 0.180 e. The Morgan fingerprint density at radius 3 is 2.68 bits per heavy atom. The van der Waals surface area contributed by atoms with Gasteiger partial charge in [0.2, 0.25) is 0 Å². The number of rotatable bonds is 7. The van der Waals surface area contributed by atoms with E-state index >= 15 is 0 Å². The second-order valence-corrected chi connectivity index (χ2v) is 6.51. The minimum absolute atomic E-state index is 0.0120. The summed E-state index contributed by atoms with van der Waals surface area (Å²) in [6.07, 6.45) is 0. The van der Waals surface area contributed by atoms with Crippen molar-refractivity contribution in [2.24, 2.45) is 0 Å². The standard InChI is InChI=1S/C12H17ClFNO3S/c1-3-15-9(7-18-2)8-19(16,17)10-4-5-12(14)11(13)6-10/h4-6,9,15H,3,7-8H2,1-2H3. The molecule has 0 aliphatic rings. The molecule has 0 bridgehead atoms. The minimum atomic E-state index is -3.54. The van der Waals surface area contributed by atoms with E-state index in [4.69, 9.17) is 16.3 Å². The summed E-state index contributed by atoms with van der Waals surface area (Å²) in [5.74, 6) is -0.767. The molecular formula is C12H17ClFNO3S. The van der Waals surface area contributed by atoms with Gasteiger partial charge in [-0.05, 0) is 24.7 Å². The van der Waals surface area contributed by atoms with E-state index in [1.54, 1.807) is 0 Å². The second-order valence-electron chi connectivity index (χ2n) is 4.07. The summed E-state index contributed by atoms with van der Waals surface area (Å²) in [6, 6.07) is 3.08. The Hall–Kier alpha value is -0.690. The van der Waals surface area contributed by atoms with Crippen molar-refractivity contribution in [2.45, 2.75) is 17.9 Å². The Morgan fingerprint density at radius 1 is 1.47 bits per heavy atom. The summed E-state index contributed by atoms with van der Waals surface area (Å²) in [7, 11) is -2.03. The first-order valence-corrected chi connectivity index (χ1v) is 7.84. The van der Waals surface area contributed by atoms with E-state index in [0.29, 0.717) is 6.54 Å². The van der Waals surface area contributed by atoms with E-state index in [2.05, 4.69) is 5.32 Å². The van der Waals surface area contributed by atoms with Crippen LogP contribution in [0.25, 0.3) is 0 Å². The highest BCUT2D eigenvalue weighted by atomic mass is 35.5. The van der Waals surface area contributed by atoms with Crippen LogP contribution in [-0.2, 0) is 14.6 Å². The largest absolute Gasteiger partial charge is 0.383 e. The average molecular weight is 310 g/mol. The van der Waals surface area contributed by atoms with Crippen molar-refractivity contribution < 1.29 is 17.5 Å². The van der Waals surface area contributed by atoms with Gasteiger partial charge in [-0.1, -0.05) is 18.5 Å². The van der Waals surface area contributed by atoms with Crippen LogP contribution >= 0.6 is 11.6 Å². The molecule has 19 heavy (non-hydrogen) atoms. The molecule has 0 aliphatic heterocycles. The van der Waals surface area contributed by atoms with Crippen LogP contribution in [0.5, 0.6) is 0 Å². The van der Waals surface area contributed by atoms with Crippen molar-refractivity contribution in [3.8, 4) is 0 Å². The van der Waals surface area contributed by atoms with Crippen LogP contribution < -0.4 is 5.32 Å². The van der Waals surface area contributed by atoms with Crippen LogP contribution in [0.3, 0.4) is 0 Å². The minimum Gasteiger partial charge on any atom is -0.383 e. The molecule has 1 aromatic rings. The summed E-state index contributed by atoms with van der Waals surface area (Å²) in [5, 5.41) is 2.82. The van der Waals surface area contributed by atoms with Crippen LogP contribution in [0.15, 0.2) is 23.1 Å². The first-order chi connectivity index (χ1) is 8.90. The summed E-state index contributed by atoms with van der Waals surface area (Å²) >= 11 is 5.60. The number of nitrogens with one attached hydrogen (secondary N) is 1. The molecule has 0 aromatic heterocycles. The molecule has 1 unspecified atom stereocenters. The van der Waals surface area contributed by atoms with Gasteiger partial charge < -0.3 is 10.1 Å². The predicted molar refractivity (Wildman–Crippen MR) is 72.8 cm³/mol. The number of hydrogen-bond donors (Lipinski definition) is 1. The lowest BCUT2D eigenvalue weighted by Gasteiger charge is -2.17. The molecule has 0 heterocycles. The lowest BCUT2D eigenvalue weighted by atomic mass is 10.3. The predicted octanol–water partition coefficient (Wildman–Crippen LogP) is 1.88. The molecule has 4 nitrogen and oxygen atoms in total. The first kappa shape index (κ1) is 16.4. The molecule has 1 N–H and O–H groups in total. The van der Waals surface area contributed by atoms with Gasteiger partial charge in [-0.15, -0.1) is 0 Å². The van der Waals surface area contributed by atoms with Crippen molar-refractivity contribution in [2.75, 3.05) is 26.0 Å². The zero-order valence-electron chi connectivity index (χ0n) is 10.8. The number of likely N-dealkylation sites (N-methyl/N-ethyl adjacent to an activating group) is 1. The van der Waals surface area contributed by atoms with Gasteiger partial charge in [-0.25, -0.2) is 12.8 Å². The molecule has 0 radical (unpaired) electrons. The van der Waals surface area contributed by atoms with E-state index in [-0.39, 0.29) is 28.3 Å². The Morgan fingerprint density at radius 2 is 2.16 bits per heavy atom. The number of benzene rings is 1. The number of methoxy groups -OCH3 is 1. The highest BCUT2D eigenvalue weighted by Crippen LogP contribution is 2.20. The van der Waals surface area contributed by atoms with Crippen molar-refractivity contribution in [1.29, 1.82) is 0 Å². The molecule has 1 rings (SSSR count). The molecule has 0 amide bonds. The van der Waals surface area contributed by atoms with Crippen molar-refractivity contribution in [3.05, 3.63) is 29.0 Å². The number of ether oxygens (including phenoxy) is 1. The summed E-state index contributed by atoms with van der Waals surface area (Å²) in [4.78, 5) is 0.0120. The third-order valence-corrected chi connectivity index (χ3v) is 4.63. The average Bonchev–Trinajstić information content (AvgIpc) is 2.32. The Kier molecular flexibility index (Phi) is 6.19. The van der Waals surface area contributed by atoms with Crippen molar-refractivity contribution >= 4 is 21.4 Å². The molecule has 7 heteroatoms. The Bertz CT molecular complexity index is 516. The molecule has 0 saturated heterocycles. The third kappa shape index (κ3) is 4.72. The monoisotopic (exact) mass is 309 g/mol. The highest BCUT2D eigenvalue weighted by molar-refractivity contribution is 7.91. The van der Waals surface area contributed by atoms with Gasteiger partial charge in [-0.3, -0.25) is 0 Å². The van der Waals surface area contributed by atoms with Gasteiger partial charge in [0.25, 0.3) is 0 Å². The maximum absolute atomic E-state index is 13.0. The van der Waals surface area contributed by atoms with Crippen LogP contribution in [0.4, 0.5) is 4.39 Å². The van der Waals surface area contributed by atoms with E-state index in [9.17, 15) is 12.8 Å².